The molecule has 0 amide bonds. The van der Waals surface area contributed by atoms with Crippen molar-refractivity contribution in [1.29, 1.82) is 10.5 Å². The lowest BCUT2D eigenvalue weighted by Gasteiger charge is -2.25. The molecule has 2 atom stereocenters. The highest BCUT2D eigenvalue weighted by Gasteiger charge is 2.35. The zero-order valence-electron chi connectivity index (χ0n) is 9.06. The molecule has 0 N–H and O–H groups in total. The van der Waals surface area contributed by atoms with Crippen LogP contribution in [-0.2, 0) is 9.59 Å². The molecule has 0 saturated carbocycles. The summed E-state index contributed by atoms with van der Waals surface area (Å²) in [5.74, 6) is -2.45. The highest BCUT2D eigenvalue weighted by atomic mass is 16.1. The van der Waals surface area contributed by atoms with Crippen molar-refractivity contribution < 1.29 is 9.59 Å². The fraction of sp³-hybridized carbons (Fsp3) is 0.500. The number of nitriles is 2. The fourth-order valence-corrected chi connectivity index (χ4v) is 1.99. The number of nitrogens with zero attached hydrogens (tertiary/aromatic N) is 2. The van der Waals surface area contributed by atoms with Crippen LogP contribution in [0.5, 0.6) is 0 Å². The lowest BCUT2D eigenvalue weighted by atomic mass is 9.75. The summed E-state index contributed by atoms with van der Waals surface area (Å²) in [5, 5.41) is 17.2. The molecule has 0 fully saturated rings. The van der Waals surface area contributed by atoms with Crippen LogP contribution in [-0.4, -0.2) is 11.6 Å². The Morgan fingerprint density at radius 2 is 1.88 bits per heavy atom. The van der Waals surface area contributed by atoms with Crippen molar-refractivity contribution in [1.82, 2.24) is 0 Å². The molecular formula is C12H12N2O2. The highest BCUT2D eigenvalue weighted by molar-refractivity contribution is 6.03. The second kappa shape index (κ2) is 5.23. The van der Waals surface area contributed by atoms with Gasteiger partial charge in [0.25, 0.3) is 0 Å². The van der Waals surface area contributed by atoms with Gasteiger partial charge in [-0.3, -0.25) is 9.59 Å². The van der Waals surface area contributed by atoms with Crippen LogP contribution < -0.4 is 0 Å². The van der Waals surface area contributed by atoms with Crippen molar-refractivity contribution in [2.24, 2.45) is 11.8 Å². The monoisotopic (exact) mass is 216 g/mol. The van der Waals surface area contributed by atoms with Gasteiger partial charge in [-0.05, 0) is 19.3 Å². The molecule has 0 aromatic carbocycles. The van der Waals surface area contributed by atoms with Gasteiger partial charge in [-0.25, -0.2) is 0 Å². The number of rotatable bonds is 3. The Kier molecular flexibility index (Phi) is 3.96. The molecule has 1 aliphatic rings. The van der Waals surface area contributed by atoms with Crippen molar-refractivity contribution in [2.45, 2.75) is 26.2 Å². The zero-order valence-corrected chi connectivity index (χ0v) is 9.06. The van der Waals surface area contributed by atoms with Crippen molar-refractivity contribution in [3.63, 3.8) is 0 Å². The van der Waals surface area contributed by atoms with Gasteiger partial charge in [0.15, 0.2) is 0 Å². The average molecular weight is 216 g/mol. The minimum absolute atomic E-state index is 0.396. The Morgan fingerprint density at radius 1 is 1.31 bits per heavy atom. The molecule has 4 heteroatoms. The standard InChI is InChI=1S/C12H12N2O2/c1-2-8-3-4-9(11(15)6-13)10(5-8)12(16)7-14/h3,9-10H,2,4-5H2,1H3. The number of allylic oxidation sites excluding steroid dienone is 2. The van der Waals surface area contributed by atoms with Gasteiger partial charge < -0.3 is 0 Å². The van der Waals surface area contributed by atoms with E-state index in [0.29, 0.717) is 12.8 Å². The summed E-state index contributed by atoms with van der Waals surface area (Å²) in [6.45, 7) is 1.96. The number of carbonyl (C=O) groups excluding carboxylic acids is 2. The molecule has 0 aliphatic heterocycles. The molecule has 0 spiro atoms. The first-order chi connectivity index (χ1) is 7.63. The van der Waals surface area contributed by atoms with Gasteiger partial charge in [-0.2, -0.15) is 10.5 Å². The summed E-state index contributed by atoms with van der Waals surface area (Å²) in [7, 11) is 0. The molecule has 82 valence electrons. The van der Waals surface area contributed by atoms with Crippen LogP contribution in [0.2, 0.25) is 0 Å². The van der Waals surface area contributed by atoms with Crippen LogP contribution in [0, 0.1) is 34.5 Å². The average Bonchev–Trinajstić information content (AvgIpc) is 2.36. The van der Waals surface area contributed by atoms with E-state index >= 15 is 0 Å². The van der Waals surface area contributed by atoms with Crippen molar-refractivity contribution in [2.75, 3.05) is 0 Å². The van der Waals surface area contributed by atoms with Crippen LogP contribution in [0.4, 0.5) is 0 Å². The second-order valence-electron chi connectivity index (χ2n) is 3.82. The van der Waals surface area contributed by atoms with Gasteiger partial charge in [-0.1, -0.05) is 18.6 Å². The van der Waals surface area contributed by atoms with Crippen molar-refractivity contribution in [3.8, 4) is 12.1 Å². The Hall–Kier alpha value is -1.94. The maximum absolute atomic E-state index is 11.4. The first-order valence-corrected chi connectivity index (χ1v) is 5.19. The Morgan fingerprint density at radius 3 is 2.38 bits per heavy atom. The molecule has 1 rings (SSSR count). The SMILES string of the molecule is CCC1=CCC(C(=O)C#N)C(C(=O)C#N)C1. The maximum Gasteiger partial charge on any atom is 0.236 e. The topological polar surface area (TPSA) is 81.7 Å². The lowest BCUT2D eigenvalue weighted by molar-refractivity contribution is -0.126. The van der Waals surface area contributed by atoms with Crippen LogP contribution in [0.25, 0.3) is 0 Å². The largest absolute Gasteiger partial charge is 0.282 e. The third kappa shape index (κ3) is 2.35. The molecule has 0 heterocycles. The Balaban J connectivity index is 2.96. The first-order valence-electron chi connectivity index (χ1n) is 5.19. The summed E-state index contributed by atoms with van der Waals surface area (Å²) in [6, 6.07) is 3.11. The predicted molar refractivity (Wildman–Crippen MR) is 55.8 cm³/mol. The molecule has 4 nitrogen and oxygen atoms in total. The van der Waals surface area contributed by atoms with Gasteiger partial charge in [0.2, 0.25) is 11.6 Å². The van der Waals surface area contributed by atoms with E-state index in [1.54, 1.807) is 12.1 Å². The zero-order chi connectivity index (χ0) is 12.1. The van der Waals surface area contributed by atoms with Gasteiger partial charge in [-0.15, -0.1) is 0 Å². The third-order valence-corrected chi connectivity index (χ3v) is 2.98. The van der Waals surface area contributed by atoms with E-state index < -0.39 is 23.4 Å². The van der Waals surface area contributed by atoms with E-state index in [1.165, 1.54) is 0 Å². The Labute approximate surface area is 94.2 Å². The molecule has 0 saturated heterocycles. The lowest BCUT2D eigenvalue weighted by Crippen LogP contribution is -2.31. The van der Waals surface area contributed by atoms with E-state index in [0.717, 1.165) is 12.0 Å². The van der Waals surface area contributed by atoms with Crippen LogP contribution in [0.1, 0.15) is 26.2 Å². The molecule has 0 aromatic heterocycles. The molecule has 1 aliphatic carbocycles. The maximum atomic E-state index is 11.4. The summed E-state index contributed by atoms with van der Waals surface area (Å²) in [4.78, 5) is 22.7. The minimum Gasteiger partial charge on any atom is -0.282 e. The van der Waals surface area contributed by atoms with Gasteiger partial charge in [0.1, 0.15) is 12.1 Å². The number of hydrogen-bond donors (Lipinski definition) is 0. The minimum atomic E-state index is -0.632. The summed E-state index contributed by atoms with van der Waals surface area (Å²) in [5.41, 5.74) is 1.08. The predicted octanol–water partition coefficient (Wildman–Crippen LogP) is 1.53. The quantitative estimate of drug-likeness (QED) is 0.529. The molecule has 0 bridgehead atoms. The number of ketones is 2. The van der Waals surface area contributed by atoms with E-state index in [-0.39, 0.29) is 0 Å². The Bertz CT molecular complexity index is 423. The molecule has 2 unspecified atom stereocenters. The summed E-state index contributed by atoms with van der Waals surface area (Å²) >= 11 is 0. The van der Waals surface area contributed by atoms with E-state index in [4.69, 9.17) is 10.5 Å². The number of hydrogen-bond acceptors (Lipinski definition) is 4. The molecule has 16 heavy (non-hydrogen) atoms. The third-order valence-electron chi connectivity index (χ3n) is 2.98. The van der Waals surface area contributed by atoms with Crippen molar-refractivity contribution in [3.05, 3.63) is 11.6 Å². The van der Waals surface area contributed by atoms with Crippen molar-refractivity contribution >= 4 is 11.6 Å². The number of carbonyl (C=O) groups is 2. The van der Waals surface area contributed by atoms with E-state index in [2.05, 4.69) is 0 Å². The van der Waals surface area contributed by atoms with Gasteiger partial charge in [0.05, 0.1) is 0 Å². The van der Waals surface area contributed by atoms with Crippen LogP contribution in [0.3, 0.4) is 0 Å². The fourth-order valence-electron chi connectivity index (χ4n) is 1.99. The number of Topliss-reactive ketones (excluding diaryl/α,β-unsaturated/α-hetero) is 2. The second-order valence-corrected chi connectivity index (χ2v) is 3.82. The normalized spacial score (nSPS) is 23.8. The van der Waals surface area contributed by atoms with Crippen LogP contribution >= 0.6 is 0 Å². The summed E-state index contributed by atoms with van der Waals surface area (Å²) < 4.78 is 0. The molecule has 0 aromatic rings. The van der Waals surface area contributed by atoms with E-state index in [1.807, 2.05) is 13.0 Å². The van der Waals surface area contributed by atoms with Gasteiger partial charge in [0, 0.05) is 11.8 Å². The molecular weight excluding hydrogens is 204 g/mol. The highest BCUT2D eigenvalue weighted by Crippen LogP contribution is 2.32. The van der Waals surface area contributed by atoms with E-state index in [9.17, 15) is 9.59 Å². The first kappa shape index (κ1) is 12.1. The van der Waals surface area contributed by atoms with Crippen LogP contribution in [0.15, 0.2) is 11.6 Å². The smallest absolute Gasteiger partial charge is 0.236 e. The van der Waals surface area contributed by atoms with Gasteiger partial charge >= 0.3 is 0 Å². The molecule has 0 radical (unpaired) electrons. The summed E-state index contributed by atoms with van der Waals surface area (Å²) in [6.07, 6.45) is 3.54.